The summed E-state index contributed by atoms with van der Waals surface area (Å²) in [5.41, 5.74) is 0. The van der Waals surface area contributed by atoms with E-state index >= 15 is 0 Å². The lowest BCUT2D eigenvalue weighted by atomic mass is 9.94. The fourth-order valence-corrected chi connectivity index (χ4v) is 12.3. The number of amides is 1. The first kappa shape index (κ1) is 73.2. The van der Waals surface area contributed by atoms with Crippen molar-refractivity contribution in [3.05, 3.63) is 0 Å². The third-order valence-corrected chi connectivity index (χ3v) is 17.3. The number of hydrogen-bond acceptors (Lipinski definition) is 40. The first-order valence-corrected chi connectivity index (χ1v) is 29.1. The molecule has 41 heteroatoms. The molecule has 41 nitrogen and oxygen atoms in total. The van der Waals surface area contributed by atoms with E-state index in [1.165, 1.54) is 0 Å². The van der Waals surface area contributed by atoms with E-state index < -0.39 is 304 Å². The zero-order chi connectivity index (χ0) is 66.3. The maximum absolute atomic E-state index is 12.5. The normalized spacial score (nSPS) is 53.7. The quantitative estimate of drug-likeness (QED) is 0.0913. The highest BCUT2D eigenvalue weighted by molar-refractivity contribution is 5.73. The molecule has 0 saturated carbocycles. The number of carbonyl (C=O) groups is 1. The zero-order valence-electron chi connectivity index (χ0n) is 48.0. The van der Waals surface area contributed by atoms with Crippen LogP contribution in [0.1, 0.15) is 6.92 Å². The van der Waals surface area contributed by atoms with E-state index in [4.69, 9.17) is 75.8 Å². The van der Waals surface area contributed by atoms with Gasteiger partial charge in [-0.1, -0.05) is 0 Å². The highest BCUT2D eigenvalue weighted by atomic mass is 16.8. The molecule has 1 amide bonds. The molecule has 0 aromatic heterocycles. The van der Waals surface area contributed by atoms with Crippen LogP contribution in [0.5, 0.6) is 0 Å². The number of ether oxygens (including phenoxy) is 16. The van der Waals surface area contributed by atoms with Gasteiger partial charge in [0.2, 0.25) is 5.91 Å². The fourth-order valence-electron chi connectivity index (χ4n) is 12.3. The van der Waals surface area contributed by atoms with E-state index in [0.29, 0.717) is 0 Å². The van der Waals surface area contributed by atoms with Gasteiger partial charge in [-0.05, 0) is 0 Å². The lowest BCUT2D eigenvalue weighted by Gasteiger charge is -2.51. The summed E-state index contributed by atoms with van der Waals surface area (Å²) in [4.78, 5) is 12.5. The summed E-state index contributed by atoms with van der Waals surface area (Å²) < 4.78 is 93.0. The highest BCUT2D eigenvalue weighted by Crippen LogP contribution is 2.40. The van der Waals surface area contributed by atoms with Crippen molar-refractivity contribution in [3.8, 4) is 0 Å². The van der Waals surface area contributed by atoms with Crippen molar-refractivity contribution in [1.29, 1.82) is 0 Å². The number of rotatable bonds is 11. The molecule has 0 radical (unpaired) electrons. The summed E-state index contributed by atoms with van der Waals surface area (Å²) in [5.74, 6) is -0.859. The number of nitrogens with one attached hydrogen (secondary N) is 1. The van der Waals surface area contributed by atoms with Crippen LogP contribution < -0.4 is 5.32 Å². The first-order valence-electron chi connectivity index (χ1n) is 29.1. The molecule has 16 aliphatic rings. The molecule has 16 aliphatic heterocycles. The molecule has 16 rings (SSSR count). The van der Waals surface area contributed by atoms with Gasteiger partial charge in [0.25, 0.3) is 0 Å². The van der Waals surface area contributed by atoms with Crippen LogP contribution in [0, 0.1) is 0 Å². The largest absolute Gasteiger partial charge is 0.394 e. The summed E-state index contributed by atoms with van der Waals surface area (Å²) in [6.07, 6.45) is -81.3. The molecule has 0 aliphatic carbocycles. The standard InChI is InChI=1S/C50H83NO40/c1-10(60)51-19-21(62)20(61)11(2-52)76-43(19)91-42-34(75)41-18(9-59)83-50(42)90-40-17(8-58)82-48(33(74)27(40)68)88-38-15(6-56)80-46(31(72)25(38)66)86-36-13(4-54)78-44(29(70)23(36)64)84-35-12(3-53)77-45(28(69)22(35)63)85-37-14(5-55)79-47(30(71)24(37)65)87-39-16(7-57)81-49(89-41)32(73)26(39)67/h11-50,52-59,61-75H,2-9H2,1H3,(H,51,60)/t11-,12-,13-,14-,15-,16-,17-,18-,19-,20-,21-,22-,23-,24-,25-,26-,27-,28-,29-,30-,31-,32-,33-,34+,35-,36-,37-,38-,39-,40-,41-,42-,43+,44-,45-,46-,47-,48-,49-,50-/m1/s1. The van der Waals surface area contributed by atoms with Gasteiger partial charge in [-0.2, -0.15) is 0 Å². The van der Waals surface area contributed by atoms with E-state index in [0.717, 1.165) is 6.92 Å². The smallest absolute Gasteiger partial charge is 0.217 e. The SMILES string of the molecule is CC(=O)N[C@H]1[C@H](O[C@H]2[C@H]3O[C@H]4[C@H](O)[C@@H](O)[C@@H](O[C@H]5[C@H](O)[C@@H](O)[C@@H](O[C@H]6[C@H](O)[C@@H](O)[C@@H](O[C@H]7[C@H](O)[C@@H](O)[C@@H](O[C@H]8[C@H](O)[C@@H](O)[C@@H](O[C@H]9[C@H](O)[C@@H](O)[C@@H](O[C@@H]([C@@H]2O)[C@@H](CO)O3)O[C@@H]9CO)O[C@@H]8CO)O[C@@H]7CO)O[C@@H]6CO)O[C@@H]5CO)O[C@@H]4CO)O[C@H](CO)[C@@H](O)[C@@H]1O. The molecule has 16 fully saturated rings. The molecule has 0 spiro atoms. The Balaban J connectivity index is 1.05. The third-order valence-electron chi connectivity index (χ3n) is 17.3. The number of hydrogen-bond donors (Lipinski definition) is 24. The molecule has 91 heavy (non-hydrogen) atoms. The molecule has 16 heterocycles. The number of fused-ring (bicyclic) bond motifs is 7. The molecular formula is C50H83NO40. The van der Waals surface area contributed by atoms with Crippen LogP contribution in [0.4, 0.5) is 0 Å². The number of carbonyl (C=O) groups excluding carboxylic acids is 1. The third kappa shape index (κ3) is 14.7. The second kappa shape index (κ2) is 31.2. The molecule has 16 saturated heterocycles. The van der Waals surface area contributed by atoms with Gasteiger partial charge in [0.1, 0.15) is 195 Å². The molecule has 14 bridgehead atoms. The lowest BCUT2D eigenvalue weighted by Crippen LogP contribution is -2.70. The van der Waals surface area contributed by atoms with Crippen LogP contribution in [0.25, 0.3) is 0 Å². The maximum Gasteiger partial charge on any atom is 0.217 e. The fraction of sp³-hybridized carbons (Fsp3) is 0.980. The van der Waals surface area contributed by atoms with Gasteiger partial charge in [0, 0.05) is 6.92 Å². The van der Waals surface area contributed by atoms with Gasteiger partial charge in [0.05, 0.1) is 52.9 Å². The molecule has 24 N–H and O–H groups in total. The molecule has 0 aromatic rings. The molecule has 40 atom stereocenters. The average molecular weight is 1340 g/mol. The predicted molar refractivity (Wildman–Crippen MR) is 273 cm³/mol. The Labute approximate surface area is 513 Å². The van der Waals surface area contributed by atoms with Crippen LogP contribution in [0.2, 0.25) is 0 Å². The minimum atomic E-state index is -2.36. The Morgan fingerprint density at radius 1 is 0.275 bits per heavy atom. The summed E-state index contributed by atoms with van der Waals surface area (Å²) >= 11 is 0. The molecule has 0 aromatic carbocycles. The van der Waals surface area contributed by atoms with Crippen molar-refractivity contribution in [3.63, 3.8) is 0 Å². The minimum absolute atomic E-state index is 0.859. The van der Waals surface area contributed by atoms with Gasteiger partial charge in [-0.25, -0.2) is 0 Å². The van der Waals surface area contributed by atoms with Crippen LogP contribution in [0.15, 0.2) is 0 Å². The van der Waals surface area contributed by atoms with Gasteiger partial charge < -0.3 is 199 Å². The Bertz CT molecular complexity index is 2270. The van der Waals surface area contributed by atoms with Crippen LogP contribution in [0.3, 0.4) is 0 Å². The summed E-state index contributed by atoms with van der Waals surface area (Å²) in [6.45, 7) is -7.87. The van der Waals surface area contributed by atoms with Crippen molar-refractivity contribution >= 4 is 5.91 Å². The van der Waals surface area contributed by atoms with Crippen molar-refractivity contribution in [1.82, 2.24) is 5.32 Å². The van der Waals surface area contributed by atoms with Gasteiger partial charge in [0.15, 0.2) is 50.3 Å². The Hall–Kier alpha value is -2.09. The summed E-state index contributed by atoms with van der Waals surface area (Å²) in [5, 5.41) is 259. The predicted octanol–water partition coefficient (Wildman–Crippen LogP) is -17.3. The molecule has 528 valence electrons. The van der Waals surface area contributed by atoms with E-state index in [9.17, 15) is 122 Å². The average Bonchev–Trinajstić information content (AvgIpc) is 0.863. The number of aliphatic hydroxyl groups excluding tert-OH is 23. The van der Waals surface area contributed by atoms with Crippen molar-refractivity contribution in [2.24, 2.45) is 0 Å². The minimum Gasteiger partial charge on any atom is -0.394 e. The van der Waals surface area contributed by atoms with Gasteiger partial charge in [-0.15, -0.1) is 0 Å². The van der Waals surface area contributed by atoms with Crippen LogP contribution in [-0.4, -0.2) is 422 Å². The second-order valence-corrected chi connectivity index (χ2v) is 23.2. The monoisotopic (exact) mass is 1340 g/mol. The topological polar surface area (TPSA) is 642 Å². The van der Waals surface area contributed by atoms with Crippen molar-refractivity contribution in [2.75, 3.05) is 52.9 Å². The van der Waals surface area contributed by atoms with Crippen molar-refractivity contribution in [2.45, 2.75) is 253 Å². The zero-order valence-corrected chi connectivity index (χ0v) is 48.0. The Morgan fingerprint density at radius 3 is 0.725 bits per heavy atom. The Kier molecular flexibility index (Phi) is 25.1. The van der Waals surface area contributed by atoms with Crippen molar-refractivity contribution < 1.29 is 198 Å². The van der Waals surface area contributed by atoms with E-state index in [1.54, 1.807) is 0 Å². The molecular weight excluding hydrogens is 1250 g/mol. The summed E-state index contributed by atoms with van der Waals surface area (Å²) in [6, 6.07) is -1.78. The van der Waals surface area contributed by atoms with E-state index in [2.05, 4.69) is 5.32 Å². The highest BCUT2D eigenvalue weighted by Gasteiger charge is 2.61. The molecule has 0 unspecified atom stereocenters. The van der Waals surface area contributed by atoms with Crippen LogP contribution >= 0.6 is 0 Å². The van der Waals surface area contributed by atoms with Gasteiger partial charge in [-0.3, -0.25) is 4.79 Å². The lowest BCUT2D eigenvalue weighted by molar-refractivity contribution is -0.407. The summed E-state index contributed by atoms with van der Waals surface area (Å²) in [7, 11) is 0. The Morgan fingerprint density at radius 2 is 0.495 bits per heavy atom. The van der Waals surface area contributed by atoms with E-state index in [-0.39, 0.29) is 0 Å². The first-order chi connectivity index (χ1) is 43.3. The van der Waals surface area contributed by atoms with E-state index in [1.807, 2.05) is 0 Å². The van der Waals surface area contributed by atoms with Gasteiger partial charge >= 0.3 is 0 Å². The second-order valence-electron chi connectivity index (χ2n) is 23.2. The number of aliphatic hydroxyl groups is 23. The van der Waals surface area contributed by atoms with Crippen LogP contribution in [-0.2, 0) is 80.6 Å². The maximum atomic E-state index is 12.5.